The first-order valence-corrected chi connectivity index (χ1v) is 16.8. The van der Waals surface area contributed by atoms with Crippen LogP contribution in [-0.4, -0.2) is 77.6 Å². The van der Waals surface area contributed by atoms with Crippen LogP contribution in [0.2, 0.25) is 5.02 Å². The van der Waals surface area contributed by atoms with Crippen LogP contribution in [0.1, 0.15) is 37.7 Å². The minimum atomic E-state index is -0.938. The maximum Gasteiger partial charge on any atom is 0.319 e. The Bertz CT molecular complexity index is 2000. The highest BCUT2D eigenvalue weighted by Crippen LogP contribution is 2.52. The normalized spacial score (nSPS) is 28.3. The van der Waals surface area contributed by atoms with Crippen LogP contribution in [0.25, 0.3) is 32.1 Å². The average Bonchev–Trinajstić information content (AvgIpc) is 3.75. The summed E-state index contributed by atoms with van der Waals surface area (Å²) in [7, 11) is 0. The summed E-state index contributed by atoms with van der Waals surface area (Å²) < 4.78 is 60.7. The third kappa shape index (κ3) is 4.00. The molecule has 4 aromatic rings. The van der Waals surface area contributed by atoms with E-state index in [4.69, 9.17) is 31.8 Å². The molecule has 5 aliphatic rings. The van der Waals surface area contributed by atoms with E-state index in [1.165, 1.54) is 12.1 Å². The molecule has 14 heteroatoms. The summed E-state index contributed by atoms with van der Waals surface area (Å²) in [5.41, 5.74) is 5.12. The van der Waals surface area contributed by atoms with Gasteiger partial charge in [-0.3, -0.25) is 4.90 Å². The minimum Gasteiger partial charge on any atom is -0.489 e. The summed E-state index contributed by atoms with van der Waals surface area (Å²) in [6.07, 6.45) is 3.09. The standard InChI is InChI=1S/C32H29ClF3N7O2S/c33-25-23(22-17(35)3-5-20-21(22)16(9-37)29(38)46-20)26(36)27-24-28(25)44-12-19-18-4-2-15(39-18)11-43(19)30(24)41-31(40-27)45-13-32-6-1-7-42(32)10-14(34)8-32/h3,5,14-15,18-19,39H,1-2,4,6-8,10-13,38H2/t14-,15+,18-,19-,32+/m1/s1. The molecular weight excluding hydrogens is 639 g/mol. The number of anilines is 2. The van der Waals surface area contributed by atoms with Crippen molar-refractivity contribution in [3.63, 3.8) is 0 Å². The molecule has 0 aliphatic carbocycles. The number of alkyl halides is 1. The highest BCUT2D eigenvalue weighted by molar-refractivity contribution is 7.23. The largest absolute Gasteiger partial charge is 0.489 e. The van der Waals surface area contributed by atoms with E-state index in [0.717, 1.165) is 43.6 Å². The number of hydrogen-bond donors (Lipinski definition) is 2. The molecule has 2 bridgehead atoms. The zero-order valence-electron chi connectivity index (χ0n) is 24.6. The predicted molar refractivity (Wildman–Crippen MR) is 170 cm³/mol. The number of rotatable bonds is 4. The molecule has 238 valence electrons. The predicted octanol–water partition coefficient (Wildman–Crippen LogP) is 5.55. The molecule has 5 atom stereocenters. The molecule has 2 aromatic carbocycles. The fraction of sp³-hybridized carbons (Fsp3) is 0.469. The second kappa shape index (κ2) is 10.2. The summed E-state index contributed by atoms with van der Waals surface area (Å²) in [5.74, 6) is -1.07. The Labute approximate surface area is 271 Å². The molecule has 0 saturated carbocycles. The van der Waals surface area contributed by atoms with Gasteiger partial charge >= 0.3 is 6.01 Å². The van der Waals surface area contributed by atoms with Crippen molar-refractivity contribution in [2.75, 3.05) is 43.5 Å². The molecule has 0 amide bonds. The fourth-order valence-electron chi connectivity index (χ4n) is 8.56. The lowest BCUT2D eigenvalue weighted by Gasteiger charge is -2.40. The number of thiophene rings is 1. The van der Waals surface area contributed by atoms with Gasteiger partial charge in [-0.25, -0.2) is 13.2 Å². The van der Waals surface area contributed by atoms with Crippen molar-refractivity contribution in [2.45, 2.75) is 61.9 Å². The SMILES string of the molecule is N#Cc1c(N)sc2ccc(F)c(-c3c(Cl)c4c5c(nc(OC[C@@]67CCCN6C[C@H](F)C7)nc5c3F)N3C[C@@H]5CC[C@@H](N5)[C@H]3CO4)c12. The van der Waals surface area contributed by atoms with Crippen LogP contribution in [-0.2, 0) is 0 Å². The molecule has 4 saturated heterocycles. The summed E-state index contributed by atoms with van der Waals surface area (Å²) >= 11 is 8.13. The smallest absolute Gasteiger partial charge is 0.319 e. The molecule has 3 N–H and O–H groups in total. The first-order valence-electron chi connectivity index (χ1n) is 15.6. The van der Waals surface area contributed by atoms with Gasteiger partial charge in [0.25, 0.3) is 0 Å². The van der Waals surface area contributed by atoms with E-state index in [1.54, 1.807) is 0 Å². The molecule has 5 aliphatic heterocycles. The van der Waals surface area contributed by atoms with Gasteiger partial charge in [0.15, 0.2) is 11.6 Å². The second-order valence-corrected chi connectivity index (χ2v) is 14.5. The zero-order valence-corrected chi connectivity index (χ0v) is 26.2. The lowest BCUT2D eigenvalue weighted by Crippen LogP contribution is -2.60. The van der Waals surface area contributed by atoms with Gasteiger partial charge in [0, 0.05) is 52.8 Å². The van der Waals surface area contributed by atoms with Gasteiger partial charge in [-0.2, -0.15) is 15.2 Å². The summed E-state index contributed by atoms with van der Waals surface area (Å²) in [6.45, 7) is 2.17. The number of benzene rings is 2. The number of halogens is 4. The Morgan fingerprint density at radius 1 is 1.22 bits per heavy atom. The first-order chi connectivity index (χ1) is 22.3. The van der Waals surface area contributed by atoms with Crippen molar-refractivity contribution in [1.82, 2.24) is 20.2 Å². The Hall–Kier alpha value is -3.57. The van der Waals surface area contributed by atoms with E-state index in [2.05, 4.69) is 20.1 Å². The maximum atomic E-state index is 17.1. The van der Waals surface area contributed by atoms with Gasteiger partial charge in [0.05, 0.1) is 27.6 Å². The van der Waals surface area contributed by atoms with Crippen LogP contribution < -0.4 is 25.4 Å². The highest BCUT2D eigenvalue weighted by atomic mass is 35.5. The van der Waals surface area contributed by atoms with Crippen molar-refractivity contribution in [3.05, 3.63) is 34.4 Å². The van der Waals surface area contributed by atoms with Crippen molar-refractivity contribution in [1.29, 1.82) is 5.26 Å². The molecule has 4 fully saturated rings. The van der Waals surface area contributed by atoms with Crippen LogP contribution in [0.15, 0.2) is 12.1 Å². The Morgan fingerprint density at radius 2 is 2.09 bits per heavy atom. The van der Waals surface area contributed by atoms with Gasteiger partial charge < -0.3 is 25.4 Å². The number of piperazine rings is 1. The lowest BCUT2D eigenvalue weighted by atomic mass is 9.95. The van der Waals surface area contributed by atoms with E-state index in [9.17, 15) is 9.65 Å². The number of hydrogen-bond acceptors (Lipinski definition) is 10. The van der Waals surface area contributed by atoms with Gasteiger partial charge in [-0.1, -0.05) is 11.6 Å². The lowest BCUT2D eigenvalue weighted by molar-refractivity contribution is 0.107. The molecule has 0 spiro atoms. The van der Waals surface area contributed by atoms with E-state index >= 15 is 8.78 Å². The van der Waals surface area contributed by atoms with Gasteiger partial charge in [0.2, 0.25) is 0 Å². The number of nitrogens with one attached hydrogen (secondary N) is 1. The summed E-state index contributed by atoms with van der Waals surface area (Å²) in [5, 5.41) is 14.1. The van der Waals surface area contributed by atoms with Crippen LogP contribution in [0.5, 0.6) is 11.8 Å². The molecule has 9 rings (SSSR count). The third-order valence-corrected chi connectivity index (χ3v) is 11.9. The van der Waals surface area contributed by atoms with E-state index < -0.39 is 23.3 Å². The summed E-state index contributed by atoms with van der Waals surface area (Å²) in [4.78, 5) is 13.7. The molecular formula is C32H29ClF3N7O2S. The number of aromatic nitrogens is 2. The fourth-order valence-corrected chi connectivity index (χ4v) is 9.81. The maximum absolute atomic E-state index is 17.1. The van der Waals surface area contributed by atoms with E-state index in [1.807, 2.05) is 6.07 Å². The van der Waals surface area contributed by atoms with Gasteiger partial charge in [-0.15, -0.1) is 11.3 Å². The van der Waals surface area contributed by atoms with Crippen molar-refractivity contribution >= 4 is 54.7 Å². The number of fused-ring (bicyclic) bond motifs is 7. The average molecular weight is 668 g/mol. The van der Waals surface area contributed by atoms with Crippen LogP contribution in [0, 0.1) is 23.0 Å². The molecule has 0 unspecified atom stereocenters. The number of nitrogens with zero attached hydrogens (tertiary/aromatic N) is 5. The molecule has 7 heterocycles. The second-order valence-electron chi connectivity index (χ2n) is 13.1. The minimum absolute atomic E-state index is 0.0478. The van der Waals surface area contributed by atoms with E-state index in [-0.39, 0.29) is 86.1 Å². The van der Waals surface area contributed by atoms with Crippen molar-refractivity contribution in [3.8, 4) is 29.0 Å². The van der Waals surface area contributed by atoms with Crippen LogP contribution in [0.3, 0.4) is 0 Å². The molecule has 0 radical (unpaired) electrons. The quantitative estimate of drug-likeness (QED) is 0.289. The van der Waals surface area contributed by atoms with Crippen molar-refractivity contribution in [2.24, 2.45) is 0 Å². The Kier molecular flexibility index (Phi) is 6.36. The molecule has 46 heavy (non-hydrogen) atoms. The topological polar surface area (TPSA) is 113 Å². The number of nitrogen functional groups attached to an aromatic ring is 1. The Morgan fingerprint density at radius 3 is 2.93 bits per heavy atom. The molecule has 9 nitrogen and oxygen atoms in total. The van der Waals surface area contributed by atoms with Gasteiger partial charge in [0.1, 0.15) is 47.6 Å². The number of nitrogens with two attached hydrogens (primary N) is 1. The van der Waals surface area contributed by atoms with Crippen LogP contribution in [0.4, 0.5) is 24.0 Å². The zero-order chi connectivity index (χ0) is 31.5. The first kappa shape index (κ1) is 28.6. The molecule has 2 aromatic heterocycles. The highest BCUT2D eigenvalue weighted by Gasteiger charge is 2.50. The number of ether oxygens (including phenoxy) is 2. The van der Waals surface area contributed by atoms with Crippen molar-refractivity contribution < 1.29 is 22.6 Å². The number of nitriles is 1. The third-order valence-electron chi connectivity index (χ3n) is 10.6. The van der Waals surface area contributed by atoms with Gasteiger partial charge in [-0.05, 0) is 44.4 Å². The Balaban J connectivity index is 1.27. The monoisotopic (exact) mass is 667 g/mol. The summed E-state index contributed by atoms with van der Waals surface area (Å²) in [6, 6.07) is 4.93. The van der Waals surface area contributed by atoms with Crippen LogP contribution >= 0.6 is 22.9 Å². The van der Waals surface area contributed by atoms with E-state index in [0.29, 0.717) is 30.0 Å².